The highest BCUT2D eigenvalue weighted by Gasteiger charge is 2.34. The Balaban J connectivity index is 1.54. The number of carbonyl (C=O) groups excluding carboxylic acids is 2. The monoisotopic (exact) mass is 429 g/mol. The number of likely N-dealkylation sites (tertiary alicyclic amines) is 1. The van der Waals surface area contributed by atoms with E-state index in [2.05, 4.69) is 26.1 Å². The van der Waals surface area contributed by atoms with E-state index < -0.39 is 0 Å². The van der Waals surface area contributed by atoms with E-state index in [4.69, 9.17) is 0 Å². The highest BCUT2D eigenvalue weighted by Crippen LogP contribution is 2.21. The Labute approximate surface area is 168 Å². The first kappa shape index (κ1) is 19.4. The lowest BCUT2D eigenvalue weighted by Gasteiger charge is -2.25. The summed E-state index contributed by atoms with van der Waals surface area (Å²) in [4.78, 5) is 29.2. The third-order valence-corrected chi connectivity index (χ3v) is 5.38. The van der Waals surface area contributed by atoms with Gasteiger partial charge in [0.1, 0.15) is 6.04 Å². The molecule has 0 bridgehead atoms. The van der Waals surface area contributed by atoms with Gasteiger partial charge in [0.15, 0.2) is 0 Å². The molecule has 1 fully saturated rings. The molecule has 5 nitrogen and oxygen atoms in total. The van der Waals surface area contributed by atoms with Crippen LogP contribution in [0, 0.1) is 0 Å². The van der Waals surface area contributed by atoms with Crippen molar-refractivity contribution in [3.05, 3.63) is 64.6 Å². The molecule has 3 rings (SSSR count). The number of likely N-dealkylation sites (N-methyl/N-ethyl adjacent to an activating group) is 1. The van der Waals surface area contributed by atoms with E-state index in [1.54, 1.807) is 17.0 Å². The van der Waals surface area contributed by atoms with Gasteiger partial charge in [0.05, 0.1) is 0 Å². The molecule has 0 aliphatic carbocycles. The standard InChI is InChI=1S/C21H24BrN3O2/c1-24(18-6-3-2-4-7-18)15-13-23-20(26)19-8-5-14-25(19)21(27)16-9-11-17(22)12-10-16/h2-4,6-7,9-12,19H,5,8,13-15H2,1H3,(H,23,26). The Morgan fingerprint density at radius 3 is 2.56 bits per heavy atom. The number of hydrogen-bond acceptors (Lipinski definition) is 3. The van der Waals surface area contributed by atoms with Gasteiger partial charge >= 0.3 is 0 Å². The molecule has 1 heterocycles. The number of rotatable bonds is 6. The van der Waals surface area contributed by atoms with Gasteiger partial charge in [-0.3, -0.25) is 9.59 Å². The fraction of sp³-hybridized carbons (Fsp3) is 0.333. The number of nitrogens with zero attached hydrogens (tertiary/aromatic N) is 2. The lowest BCUT2D eigenvalue weighted by molar-refractivity contribution is -0.124. The lowest BCUT2D eigenvalue weighted by Crippen LogP contribution is -2.47. The predicted octanol–water partition coefficient (Wildman–Crippen LogP) is 3.31. The first-order chi connectivity index (χ1) is 13.1. The molecule has 0 aromatic heterocycles. The Hall–Kier alpha value is -2.34. The van der Waals surface area contributed by atoms with Crippen molar-refractivity contribution in [3.63, 3.8) is 0 Å². The normalized spacial score (nSPS) is 16.2. The second-order valence-corrected chi connectivity index (χ2v) is 7.63. The van der Waals surface area contributed by atoms with Crippen LogP contribution in [-0.2, 0) is 4.79 Å². The van der Waals surface area contributed by atoms with Gasteiger partial charge in [-0.2, -0.15) is 0 Å². The molecular formula is C21H24BrN3O2. The van der Waals surface area contributed by atoms with E-state index >= 15 is 0 Å². The van der Waals surface area contributed by atoms with E-state index in [1.165, 1.54) is 0 Å². The van der Waals surface area contributed by atoms with E-state index in [1.807, 2.05) is 49.5 Å². The van der Waals surface area contributed by atoms with Crippen LogP contribution >= 0.6 is 15.9 Å². The maximum atomic E-state index is 12.8. The van der Waals surface area contributed by atoms with Crippen LogP contribution in [0.15, 0.2) is 59.1 Å². The third-order valence-electron chi connectivity index (χ3n) is 4.85. The van der Waals surface area contributed by atoms with Gasteiger partial charge in [-0.05, 0) is 49.2 Å². The van der Waals surface area contributed by atoms with Crippen LogP contribution in [0.25, 0.3) is 0 Å². The van der Waals surface area contributed by atoms with Gasteiger partial charge in [0, 0.05) is 42.4 Å². The summed E-state index contributed by atoms with van der Waals surface area (Å²) in [7, 11) is 2.00. The number of carbonyl (C=O) groups is 2. The van der Waals surface area contributed by atoms with Gasteiger partial charge in [-0.15, -0.1) is 0 Å². The number of para-hydroxylation sites is 1. The summed E-state index contributed by atoms with van der Waals surface area (Å²) in [6.45, 7) is 1.88. The van der Waals surface area contributed by atoms with E-state index in [0.29, 0.717) is 31.6 Å². The van der Waals surface area contributed by atoms with Gasteiger partial charge < -0.3 is 15.1 Å². The third kappa shape index (κ3) is 4.89. The maximum absolute atomic E-state index is 12.8. The Morgan fingerprint density at radius 1 is 1.15 bits per heavy atom. The van der Waals surface area contributed by atoms with Crippen molar-refractivity contribution in [2.75, 3.05) is 31.6 Å². The van der Waals surface area contributed by atoms with Crippen molar-refractivity contribution >= 4 is 33.4 Å². The average molecular weight is 430 g/mol. The smallest absolute Gasteiger partial charge is 0.254 e. The summed E-state index contributed by atoms with van der Waals surface area (Å²) in [6, 6.07) is 16.9. The van der Waals surface area contributed by atoms with Crippen molar-refractivity contribution in [2.24, 2.45) is 0 Å². The highest BCUT2D eigenvalue weighted by molar-refractivity contribution is 9.10. The zero-order chi connectivity index (χ0) is 19.2. The van der Waals surface area contributed by atoms with Crippen molar-refractivity contribution in [1.29, 1.82) is 0 Å². The van der Waals surface area contributed by atoms with Crippen LogP contribution in [0.5, 0.6) is 0 Å². The summed E-state index contributed by atoms with van der Waals surface area (Å²) in [6.07, 6.45) is 1.56. The average Bonchev–Trinajstić information content (AvgIpc) is 3.18. The zero-order valence-electron chi connectivity index (χ0n) is 15.4. The molecule has 1 N–H and O–H groups in total. The highest BCUT2D eigenvalue weighted by atomic mass is 79.9. The van der Waals surface area contributed by atoms with Crippen LogP contribution in [0.3, 0.4) is 0 Å². The molecule has 1 saturated heterocycles. The summed E-state index contributed by atoms with van der Waals surface area (Å²) in [5, 5.41) is 2.99. The molecule has 2 aromatic rings. The fourth-order valence-electron chi connectivity index (χ4n) is 3.32. The van der Waals surface area contributed by atoms with Gasteiger partial charge in [-0.1, -0.05) is 34.1 Å². The second kappa shape index (κ2) is 9.04. The van der Waals surface area contributed by atoms with Crippen LogP contribution in [0.4, 0.5) is 5.69 Å². The summed E-state index contributed by atoms with van der Waals surface area (Å²) < 4.78 is 0.928. The van der Waals surface area contributed by atoms with Gasteiger partial charge in [0.2, 0.25) is 5.91 Å². The number of benzene rings is 2. The van der Waals surface area contributed by atoms with Crippen LogP contribution in [-0.4, -0.2) is 49.4 Å². The molecule has 2 aromatic carbocycles. The molecule has 0 radical (unpaired) electrons. The SMILES string of the molecule is CN(CCNC(=O)C1CCCN1C(=O)c1ccc(Br)cc1)c1ccccc1. The zero-order valence-corrected chi connectivity index (χ0v) is 17.0. The number of hydrogen-bond donors (Lipinski definition) is 1. The van der Waals surface area contributed by atoms with Crippen LogP contribution in [0.1, 0.15) is 23.2 Å². The molecule has 0 saturated carbocycles. The number of anilines is 1. The molecule has 142 valence electrons. The van der Waals surface area contributed by atoms with E-state index in [-0.39, 0.29) is 17.9 Å². The maximum Gasteiger partial charge on any atom is 0.254 e. The lowest BCUT2D eigenvalue weighted by atomic mass is 10.1. The first-order valence-electron chi connectivity index (χ1n) is 9.16. The summed E-state index contributed by atoms with van der Waals surface area (Å²) >= 11 is 3.38. The Kier molecular flexibility index (Phi) is 6.50. The minimum atomic E-state index is -0.386. The summed E-state index contributed by atoms with van der Waals surface area (Å²) in [5.41, 5.74) is 1.72. The molecular weight excluding hydrogens is 406 g/mol. The molecule has 0 spiro atoms. The molecule has 2 amide bonds. The molecule has 1 atom stereocenters. The topological polar surface area (TPSA) is 52.7 Å². The van der Waals surface area contributed by atoms with Gasteiger partial charge in [-0.25, -0.2) is 0 Å². The number of nitrogens with one attached hydrogen (secondary N) is 1. The van der Waals surface area contributed by atoms with Crippen molar-refractivity contribution in [3.8, 4) is 0 Å². The van der Waals surface area contributed by atoms with Gasteiger partial charge in [0.25, 0.3) is 5.91 Å². The minimum Gasteiger partial charge on any atom is -0.373 e. The quantitative estimate of drug-likeness (QED) is 0.765. The van der Waals surface area contributed by atoms with Crippen LogP contribution < -0.4 is 10.2 Å². The number of halogens is 1. The largest absolute Gasteiger partial charge is 0.373 e. The molecule has 1 unspecified atom stereocenters. The fourth-order valence-corrected chi connectivity index (χ4v) is 3.58. The second-order valence-electron chi connectivity index (χ2n) is 6.71. The van der Waals surface area contributed by atoms with E-state index in [0.717, 1.165) is 16.6 Å². The Bertz CT molecular complexity index is 780. The minimum absolute atomic E-state index is 0.0700. The van der Waals surface area contributed by atoms with Crippen LogP contribution in [0.2, 0.25) is 0 Å². The van der Waals surface area contributed by atoms with Crippen molar-refractivity contribution in [2.45, 2.75) is 18.9 Å². The Morgan fingerprint density at radius 2 is 1.85 bits per heavy atom. The predicted molar refractivity (Wildman–Crippen MR) is 111 cm³/mol. The molecule has 1 aliphatic rings. The molecule has 6 heteroatoms. The van der Waals surface area contributed by atoms with Crippen molar-refractivity contribution in [1.82, 2.24) is 10.2 Å². The molecule has 1 aliphatic heterocycles. The van der Waals surface area contributed by atoms with E-state index in [9.17, 15) is 9.59 Å². The van der Waals surface area contributed by atoms with Crippen molar-refractivity contribution < 1.29 is 9.59 Å². The molecule has 27 heavy (non-hydrogen) atoms. The summed E-state index contributed by atoms with van der Waals surface area (Å²) in [5.74, 6) is -0.152. The number of amides is 2. The first-order valence-corrected chi connectivity index (χ1v) is 9.96.